The predicted molar refractivity (Wildman–Crippen MR) is 68.5 cm³/mol. The van der Waals surface area contributed by atoms with Gasteiger partial charge in [0.1, 0.15) is 0 Å². The summed E-state index contributed by atoms with van der Waals surface area (Å²) < 4.78 is 38.2. The molecule has 0 fully saturated rings. The van der Waals surface area contributed by atoms with Crippen LogP contribution in [-0.4, -0.2) is 6.54 Å². The lowest BCUT2D eigenvalue weighted by molar-refractivity contribution is -0.138. The van der Waals surface area contributed by atoms with E-state index in [1.807, 2.05) is 0 Å². The molecule has 1 aromatic rings. The molecule has 0 saturated carbocycles. The molecular weight excluding hydrogens is 265 g/mol. The second-order valence-corrected chi connectivity index (χ2v) is 3.98. The van der Waals surface area contributed by atoms with E-state index in [4.69, 9.17) is 11.5 Å². The van der Waals surface area contributed by atoms with Crippen LogP contribution in [0, 0.1) is 0 Å². The Morgan fingerprint density at radius 3 is 2.28 bits per heavy atom. The Morgan fingerprint density at radius 1 is 1.11 bits per heavy atom. The predicted octanol–water partition coefficient (Wildman–Crippen LogP) is 3.26. The monoisotopic (exact) mass is 282 g/mol. The van der Waals surface area contributed by atoms with Crippen LogP contribution in [0.1, 0.15) is 36.4 Å². The molecular formula is C12H18ClF3N2. The number of unbranched alkanes of at least 4 members (excludes halogenated alkanes) is 1. The van der Waals surface area contributed by atoms with E-state index in [-0.39, 0.29) is 18.0 Å². The molecule has 0 unspecified atom stereocenters. The van der Waals surface area contributed by atoms with Crippen LogP contribution in [0.3, 0.4) is 0 Å². The average Bonchev–Trinajstić information content (AvgIpc) is 2.28. The van der Waals surface area contributed by atoms with Gasteiger partial charge in [-0.15, -0.1) is 12.4 Å². The number of rotatable bonds is 5. The molecule has 0 aliphatic heterocycles. The summed E-state index contributed by atoms with van der Waals surface area (Å²) in [4.78, 5) is 0. The lowest BCUT2D eigenvalue weighted by atomic mass is 9.96. The van der Waals surface area contributed by atoms with Crippen LogP contribution in [0.15, 0.2) is 24.3 Å². The molecule has 0 aliphatic rings. The molecule has 0 aliphatic carbocycles. The Hall–Kier alpha value is -0.780. The van der Waals surface area contributed by atoms with Crippen molar-refractivity contribution in [2.45, 2.75) is 31.5 Å². The van der Waals surface area contributed by atoms with Crippen molar-refractivity contribution in [3.05, 3.63) is 35.4 Å². The van der Waals surface area contributed by atoms with Gasteiger partial charge >= 0.3 is 6.18 Å². The van der Waals surface area contributed by atoms with Crippen LogP contribution >= 0.6 is 12.4 Å². The van der Waals surface area contributed by atoms with E-state index in [1.54, 1.807) is 6.07 Å². The summed E-state index contributed by atoms with van der Waals surface area (Å²) in [6.45, 7) is 0.535. The minimum Gasteiger partial charge on any atom is -0.330 e. The highest BCUT2D eigenvalue weighted by molar-refractivity contribution is 5.85. The number of hydrogen-bond acceptors (Lipinski definition) is 2. The summed E-state index contributed by atoms with van der Waals surface area (Å²) in [5.74, 6) is 0. The first-order chi connectivity index (χ1) is 7.96. The van der Waals surface area contributed by atoms with E-state index in [0.717, 1.165) is 18.9 Å². The summed E-state index contributed by atoms with van der Waals surface area (Å²) in [7, 11) is 0. The van der Waals surface area contributed by atoms with Gasteiger partial charge in [-0.3, -0.25) is 0 Å². The van der Waals surface area contributed by atoms with E-state index in [0.29, 0.717) is 13.0 Å². The third-order valence-corrected chi connectivity index (χ3v) is 2.63. The minimum atomic E-state index is -4.35. The molecule has 104 valence electrons. The topological polar surface area (TPSA) is 52.0 Å². The second-order valence-electron chi connectivity index (χ2n) is 3.98. The highest BCUT2D eigenvalue weighted by Gasteiger charge is 2.34. The number of alkyl halides is 3. The van der Waals surface area contributed by atoms with Gasteiger partial charge in [-0.25, -0.2) is 0 Å². The van der Waals surface area contributed by atoms with Crippen LogP contribution in [0.4, 0.5) is 13.2 Å². The molecule has 2 nitrogen and oxygen atoms in total. The first-order valence-corrected chi connectivity index (χ1v) is 5.58. The lowest BCUT2D eigenvalue weighted by Gasteiger charge is -2.18. The fourth-order valence-electron chi connectivity index (χ4n) is 1.74. The fraction of sp³-hybridized carbons (Fsp3) is 0.500. The fourth-order valence-corrected chi connectivity index (χ4v) is 1.74. The molecule has 18 heavy (non-hydrogen) atoms. The van der Waals surface area contributed by atoms with E-state index >= 15 is 0 Å². The van der Waals surface area contributed by atoms with Crippen LogP contribution in [0.25, 0.3) is 0 Å². The summed E-state index contributed by atoms with van der Waals surface area (Å²) in [5.41, 5.74) is 10.6. The van der Waals surface area contributed by atoms with E-state index in [1.165, 1.54) is 12.1 Å². The maximum Gasteiger partial charge on any atom is 0.416 e. The van der Waals surface area contributed by atoms with Crippen LogP contribution < -0.4 is 11.5 Å². The molecule has 0 spiro atoms. The zero-order valence-corrected chi connectivity index (χ0v) is 10.7. The summed E-state index contributed by atoms with van der Waals surface area (Å²) in [6, 6.07) is 4.87. The van der Waals surface area contributed by atoms with Gasteiger partial charge in [0, 0.05) is 6.04 Å². The molecule has 0 bridgehead atoms. The Bertz CT molecular complexity index is 355. The number of hydrogen-bond donors (Lipinski definition) is 2. The van der Waals surface area contributed by atoms with E-state index in [2.05, 4.69) is 0 Å². The van der Waals surface area contributed by atoms with Gasteiger partial charge in [0.2, 0.25) is 0 Å². The molecule has 6 heteroatoms. The van der Waals surface area contributed by atoms with Gasteiger partial charge < -0.3 is 11.5 Å². The maximum atomic E-state index is 12.7. The molecule has 0 saturated heterocycles. The summed E-state index contributed by atoms with van der Waals surface area (Å²) in [5, 5.41) is 0. The molecule has 0 heterocycles. The largest absolute Gasteiger partial charge is 0.416 e. The van der Waals surface area contributed by atoms with Crippen LogP contribution in [0.5, 0.6) is 0 Å². The Labute approximate surface area is 111 Å². The van der Waals surface area contributed by atoms with Crippen molar-refractivity contribution in [1.82, 2.24) is 0 Å². The number of halogens is 4. The van der Waals surface area contributed by atoms with Crippen molar-refractivity contribution in [2.75, 3.05) is 6.54 Å². The van der Waals surface area contributed by atoms with E-state index < -0.39 is 17.8 Å². The first-order valence-electron chi connectivity index (χ1n) is 5.58. The molecule has 0 aromatic heterocycles. The molecule has 1 atom stereocenters. The standard InChI is InChI=1S/C12H17F3N2.ClH/c13-12(14,15)10-6-2-1-5-9(10)11(17)7-3-4-8-16;/h1-2,5-6,11H,3-4,7-8,16-17H2;1H/t11-;/m0./s1. The van der Waals surface area contributed by atoms with Gasteiger partial charge in [-0.1, -0.05) is 24.6 Å². The van der Waals surface area contributed by atoms with Gasteiger partial charge in [0.25, 0.3) is 0 Å². The molecule has 0 amide bonds. The quantitative estimate of drug-likeness (QED) is 0.815. The molecule has 1 aromatic carbocycles. The molecule has 1 rings (SSSR count). The van der Waals surface area contributed by atoms with Crippen molar-refractivity contribution in [3.8, 4) is 0 Å². The Balaban J connectivity index is 0.00000289. The summed E-state index contributed by atoms with van der Waals surface area (Å²) in [6.07, 6.45) is -2.31. The Kier molecular flexibility index (Phi) is 7.28. The number of nitrogens with two attached hydrogens (primary N) is 2. The summed E-state index contributed by atoms with van der Waals surface area (Å²) >= 11 is 0. The van der Waals surface area contributed by atoms with Crippen molar-refractivity contribution >= 4 is 12.4 Å². The molecule has 0 radical (unpaired) electrons. The van der Waals surface area contributed by atoms with Crippen LogP contribution in [0.2, 0.25) is 0 Å². The third kappa shape index (κ3) is 4.84. The highest BCUT2D eigenvalue weighted by Crippen LogP contribution is 2.34. The van der Waals surface area contributed by atoms with Gasteiger partial charge in [0.05, 0.1) is 5.56 Å². The van der Waals surface area contributed by atoms with Gasteiger partial charge in [-0.05, 0) is 31.0 Å². The smallest absolute Gasteiger partial charge is 0.330 e. The lowest BCUT2D eigenvalue weighted by Crippen LogP contribution is -2.17. The van der Waals surface area contributed by atoms with Crippen molar-refractivity contribution in [1.29, 1.82) is 0 Å². The van der Waals surface area contributed by atoms with Crippen molar-refractivity contribution in [3.63, 3.8) is 0 Å². The van der Waals surface area contributed by atoms with Crippen molar-refractivity contribution < 1.29 is 13.2 Å². The zero-order valence-electron chi connectivity index (χ0n) is 9.91. The van der Waals surface area contributed by atoms with Gasteiger partial charge in [-0.2, -0.15) is 13.2 Å². The van der Waals surface area contributed by atoms with Crippen molar-refractivity contribution in [2.24, 2.45) is 11.5 Å². The highest BCUT2D eigenvalue weighted by atomic mass is 35.5. The van der Waals surface area contributed by atoms with Gasteiger partial charge in [0.15, 0.2) is 0 Å². The number of benzene rings is 1. The average molecular weight is 283 g/mol. The first kappa shape index (κ1) is 17.2. The minimum absolute atomic E-state index is 0. The Morgan fingerprint density at radius 2 is 1.72 bits per heavy atom. The zero-order chi connectivity index (χ0) is 12.9. The van der Waals surface area contributed by atoms with E-state index in [9.17, 15) is 13.2 Å². The maximum absolute atomic E-state index is 12.7. The normalized spacial score (nSPS) is 12.9. The molecule has 4 N–H and O–H groups in total. The third-order valence-electron chi connectivity index (χ3n) is 2.63. The van der Waals surface area contributed by atoms with Crippen LogP contribution in [-0.2, 0) is 6.18 Å². The second kappa shape index (κ2) is 7.61. The SMILES string of the molecule is Cl.NCCCC[C@H](N)c1ccccc1C(F)(F)F.